The second-order valence-electron chi connectivity index (χ2n) is 2.15. The van der Waals surface area contributed by atoms with Gasteiger partial charge in [0.1, 0.15) is 0 Å². The van der Waals surface area contributed by atoms with Gasteiger partial charge in [-0.25, -0.2) is 0 Å². The predicted octanol–water partition coefficient (Wildman–Crippen LogP) is 1.94. The van der Waals surface area contributed by atoms with E-state index < -0.39 is 8.15 Å². The summed E-state index contributed by atoms with van der Waals surface area (Å²) in [6.45, 7) is 0. The zero-order valence-corrected chi connectivity index (χ0v) is 7.72. The van der Waals surface area contributed by atoms with Gasteiger partial charge in [0, 0.05) is 17.3 Å². The Kier molecular flexibility index (Phi) is 3.85. The number of alkyl halides is 1. The van der Waals surface area contributed by atoms with Crippen molar-refractivity contribution in [2.45, 2.75) is 0 Å². The number of hydrogen-bond acceptors (Lipinski definition) is 1. The van der Waals surface area contributed by atoms with E-state index in [4.69, 9.17) is 11.6 Å². The van der Waals surface area contributed by atoms with Crippen molar-refractivity contribution in [3.8, 4) is 0 Å². The largest absolute Gasteiger partial charge is 0.369 e. The maximum absolute atomic E-state index is 9.50. The third kappa shape index (κ3) is 2.78. The second kappa shape index (κ2) is 4.71. The molecule has 1 rings (SSSR count). The molecular weight excluding hydrogens is 179 g/mol. The van der Waals surface area contributed by atoms with Crippen molar-refractivity contribution >= 4 is 25.1 Å². The first-order chi connectivity index (χ1) is 5.34. The standard InChI is InChI=1S/C8H10ClOP/c9-6-7-11(10)8-4-2-1-3-5-8/h1-5,10H,6-7H2. The van der Waals surface area contributed by atoms with Gasteiger partial charge in [0.25, 0.3) is 0 Å². The lowest BCUT2D eigenvalue weighted by Gasteiger charge is -2.06. The van der Waals surface area contributed by atoms with E-state index in [1.807, 2.05) is 30.3 Å². The normalized spacial score (nSPS) is 12.9. The minimum Gasteiger partial charge on any atom is -0.369 e. The minimum absolute atomic E-state index is 0.525. The quantitative estimate of drug-likeness (QED) is 0.568. The van der Waals surface area contributed by atoms with Gasteiger partial charge in [-0.1, -0.05) is 30.3 Å². The van der Waals surface area contributed by atoms with Crippen LogP contribution in [0.4, 0.5) is 0 Å². The van der Waals surface area contributed by atoms with Crippen molar-refractivity contribution in [2.75, 3.05) is 12.0 Å². The summed E-state index contributed by atoms with van der Waals surface area (Å²) in [7, 11) is -1.01. The van der Waals surface area contributed by atoms with Crippen LogP contribution >= 0.6 is 19.7 Å². The molecular formula is C8H10ClOP. The van der Waals surface area contributed by atoms with Gasteiger partial charge < -0.3 is 4.89 Å². The Morgan fingerprint density at radius 1 is 1.27 bits per heavy atom. The molecule has 3 heteroatoms. The molecule has 0 saturated carbocycles. The Morgan fingerprint density at radius 3 is 2.45 bits per heavy atom. The average Bonchev–Trinajstić information content (AvgIpc) is 2.07. The summed E-state index contributed by atoms with van der Waals surface area (Å²) in [5.41, 5.74) is 0. The summed E-state index contributed by atoms with van der Waals surface area (Å²) < 4.78 is 0. The third-order valence-corrected chi connectivity index (χ3v) is 3.34. The van der Waals surface area contributed by atoms with Crippen LogP contribution in [-0.4, -0.2) is 16.9 Å². The van der Waals surface area contributed by atoms with E-state index in [-0.39, 0.29) is 0 Å². The van der Waals surface area contributed by atoms with Crippen molar-refractivity contribution in [1.29, 1.82) is 0 Å². The molecule has 0 aliphatic heterocycles. The molecule has 0 aromatic heterocycles. The fourth-order valence-corrected chi connectivity index (χ4v) is 2.22. The molecule has 0 radical (unpaired) electrons. The van der Waals surface area contributed by atoms with Crippen molar-refractivity contribution in [1.82, 2.24) is 0 Å². The highest BCUT2D eigenvalue weighted by molar-refractivity contribution is 7.60. The molecule has 0 saturated heterocycles. The van der Waals surface area contributed by atoms with Crippen LogP contribution in [0.1, 0.15) is 0 Å². The summed E-state index contributed by atoms with van der Waals surface area (Å²) in [6.07, 6.45) is 0.681. The first kappa shape index (κ1) is 8.99. The van der Waals surface area contributed by atoms with Crippen molar-refractivity contribution in [3.05, 3.63) is 30.3 Å². The van der Waals surface area contributed by atoms with Crippen LogP contribution in [0, 0.1) is 0 Å². The van der Waals surface area contributed by atoms with Gasteiger partial charge in [0.05, 0.1) is 8.15 Å². The maximum Gasteiger partial charge on any atom is 0.0575 e. The fourth-order valence-electron chi connectivity index (χ4n) is 0.809. The Labute approximate surface area is 72.8 Å². The zero-order chi connectivity index (χ0) is 8.10. The molecule has 0 amide bonds. The van der Waals surface area contributed by atoms with E-state index >= 15 is 0 Å². The molecule has 1 aromatic rings. The smallest absolute Gasteiger partial charge is 0.0575 e. The SMILES string of the molecule is OP(CCCl)c1ccccc1. The van der Waals surface area contributed by atoms with E-state index in [9.17, 15) is 4.89 Å². The van der Waals surface area contributed by atoms with E-state index in [1.54, 1.807) is 0 Å². The van der Waals surface area contributed by atoms with Gasteiger partial charge >= 0.3 is 0 Å². The highest BCUT2D eigenvalue weighted by Gasteiger charge is 2.04. The molecule has 60 valence electrons. The van der Waals surface area contributed by atoms with Crippen LogP contribution in [0.25, 0.3) is 0 Å². The molecule has 11 heavy (non-hydrogen) atoms. The molecule has 0 heterocycles. The Balaban J connectivity index is 2.61. The Morgan fingerprint density at radius 2 is 1.91 bits per heavy atom. The van der Waals surface area contributed by atoms with Crippen LogP contribution < -0.4 is 5.30 Å². The average molecular weight is 189 g/mol. The summed E-state index contributed by atoms with van der Waals surface area (Å²) in [4.78, 5) is 9.50. The van der Waals surface area contributed by atoms with Crippen LogP contribution in [0.5, 0.6) is 0 Å². The summed E-state index contributed by atoms with van der Waals surface area (Å²) in [5, 5.41) is 1.00. The lowest BCUT2D eigenvalue weighted by Crippen LogP contribution is -2.02. The van der Waals surface area contributed by atoms with Crippen LogP contribution in [0.15, 0.2) is 30.3 Å². The molecule has 0 bridgehead atoms. The molecule has 0 fully saturated rings. The number of hydrogen-bond donors (Lipinski definition) is 1. The molecule has 1 nitrogen and oxygen atoms in total. The lowest BCUT2D eigenvalue weighted by molar-refractivity contribution is 0.636. The van der Waals surface area contributed by atoms with E-state index in [1.165, 1.54) is 0 Å². The summed E-state index contributed by atoms with van der Waals surface area (Å²) in [6, 6.07) is 9.65. The fraction of sp³-hybridized carbons (Fsp3) is 0.250. The lowest BCUT2D eigenvalue weighted by atomic mass is 10.4. The van der Waals surface area contributed by atoms with Crippen molar-refractivity contribution in [2.24, 2.45) is 0 Å². The summed E-state index contributed by atoms with van der Waals surface area (Å²) in [5.74, 6) is 0.525. The van der Waals surface area contributed by atoms with E-state index in [2.05, 4.69) is 0 Å². The summed E-state index contributed by atoms with van der Waals surface area (Å²) >= 11 is 5.50. The molecule has 1 atom stereocenters. The number of benzene rings is 1. The maximum atomic E-state index is 9.50. The highest BCUT2D eigenvalue weighted by atomic mass is 35.5. The molecule has 1 unspecified atom stereocenters. The van der Waals surface area contributed by atoms with Gasteiger partial charge in [-0.3, -0.25) is 0 Å². The van der Waals surface area contributed by atoms with E-state index in [0.29, 0.717) is 12.0 Å². The molecule has 0 aliphatic rings. The van der Waals surface area contributed by atoms with Gasteiger partial charge in [-0.2, -0.15) is 0 Å². The van der Waals surface area contributed by atoms with Gasteiger partial charge in [0.2, 0.25) is 0 Å². The highest BCUT2D eigenvalue weighted by Crippen LogP contribution is 2.27. The Bertz CT molecular complexity index is 203. The molecule has 0 spiro atoms. The third-order valence-electron chi connectivity index (χ3n) is 1.35. The van der Waals surface area contributed by atoms with Crippen LogP contribution in [-0.2, 0) is 0 Å². The monoisotopic (exact) mass is 188 g/mol. The topological polar surface area (TPSA) is 20.2 Å². The second-order valence-corrected chi connectivity index (χ2v) is 4.29. The predicted molar refractivity (Wildman–Crippen MR) is 50.8 cm³/mol. The van der Waals surface area contributed by atoms with Crippen LogP contribution in [0.2, 0.25) is 0 Å². The van der Waals surface area contributed by atoms with Crippen molar-refractivity contribution in [3.63, 3.8) is 0 Å². The minimum atomic E-state index is -1.01. The Hall–Kier alpha value is -0.100. The number of halogens is 1. The van der Waals surface area contributed by atoms with Crippen LogP contribution in [0.3, 0.4) is 0 Å². The van der Waals surface area contributed by atoms with Gasteiger partial charge in [-0.15, -0.1) is 11.6 Å². The first-order valence-electron chi connectivity index (χ1n) is 3.42. The van der Waals surface area contributed by atoms with E-state index in [0.717, 1.165) is 5.30 Å². The molecule has 1 N–H and O–H groups in total. The molecule has 1 aromatic carbocycles. The van der Waals surface area contributed by atoms with Crippen molar-refractivity contribution < 1.29 is 4.89 Å². The molecule has 0 aliphatic carbocycles. The van der Waals surface area contributed by atoms with Gasteiger partial charge in [0.15, 0.2) is 0 Å². The number of rotatable bonds is 3. The zero-order valence-electron chi connectivity index (χ0n) is 6.07. The van der Waals surface area contributed by atoms with Gasteiger partial charge in [-0.05, 0) is 0 Å². The first-order valence-corrected chi connectivity index (χ1v) is 5.43.